The highest BCUT2D eigenvalue weighted by molar-refractivity contribution is 5.79. The van der Waals surface area contributed by atoms with Gasteiger partial charge in [-0.05, 0) is 43.5 Å². The number of aryl methyl sites for hydroxylation is 1. The van der Waals surface area contributed by atoms with Crippen LogP contribution in [0.25, 0.3) is 5.69 Å². The molecule has 2 aromatic carbocycles. The fourth-order valence-corrected chi connectivity index (χ4v) is 4.86. The molecule has 192 valence electrons. The molecule has 0 bridgehead atoms. The SMILES string of the molecule is CCN1CCN(c2c(CN(CCC(C)C)C(=O)Cc3ccccc3)c(C)nn2-c2ccccc2)CC1. The van der Waals surface area contributed by atoms with Gasteiger partial charge in [0.15, 0.2) is 0 Å². The number of piperazine rings is 1. The summed E-state index contributed by atoms with van der Waals surface area (Å²) in [5.41, 5.74) is 4.27. The second-order valence-corrected chi connectivity index (χ2v) is 10.2. The molecule has 0 unspecified atom stereocenters. The van der Waals surface area contributed by atoms with Crippen LogP contribution in [-0.4, -0.2) is 64.8 Å². The topological polar surface area (TPSA) is 44.6 Å². The van der Waals surface area contributed by atoms with Crippen molar-refractivity contribution >= 4 is 11.7 Å². The number of para-hydroxylation sites is 1. The molecule has 0 N–H and O–H groups in total. The third kappa shape index (κ3) is 6.35. The molecule has 1 saturated heterocycles. The van der Waals surface area contributed by atoms with Gasteiger partial charge in [-0.15, -0.1) is 0 Å². The summed E-state index contributed by atoms with van der Waals surface area (Å²) in [6, 6.07) is 20.5. The minimum atomic E-state index is 0.176. The van der Waals surface area contributed by atoms with Gasteiger partial charge < -0.3 is 14.7 Å². The summed E-state index contributed by atoms with van der Waals surface area (Å²) < 4.78 is 2.09. The highest BCUT2D eigenvalue weighted by Gasteiger charge is 2.27. The Kier molecular flexibility index (Phi) is 8.81. The van der Waals surface area contributed by atoms with Gasteiger partial charge in [0.1, 0.15) is 5.82 Å². The van der Waals surface area contributed by atoms with Gasteiger partial charge in [-0.2, -0.15) is 5.10 Å². The molecule has 0 saturated carbocycles. The highest BCUT2D eigenvalue weighted by atomic mass is 16.2. The van der Waals surface area contributed by atoms with E-state index >= 15 is 0 Å². The molecule has 0 atom stereocenters. The molecule has 4 rings (SSSR count). The zero-order chi connectivity index (χ0) is 25.5. The zero-order valence-electron chi connectivity index (χ0n) is 22.4. The van der Waals surface area contributed by atoms with Crippen molar-refractivity contribution in [2.45, 2.75) is 47.1 Å². The third-order valence-electron chi connectivity index (χ3n) is 7.15. The summed E-state index contributed by atoms with van der Waals surface area (Å²) in [4.78, 5) is 20.6. The van der Waals surface area contributed by atoms with Gasteiger partial charge in [0.05, 0.1) is 24.3 Å². The minimum absolute atomic E-state index is 0.176. The Bertz CT molecular complexity index is 1100. The van der Waals surface area contributed by atoms with Crippen molar-refractivity contribution in [1.29, 1.82) is 0 Å². The molecule has 0 radical (unpaired) electrons. The van der Waals surface area contributed by atoms with Gasteiger partial charge in [-0.3, -0.25) is 4.79 Å². The number of hydrogen-bond acceptors (Lipinski definition) is 4. The number of rotatable bonds is 10. The zero-order valence-corrected chi connectivity index (χ0v) is 22.4. The minimum Gasteiger partial charge on any atom is -0.354 e. The van der Waals surface area contributed by atoms with Gasteiger partial charge >= 0.3 is 0 Å². The van der Waals surface area contributed by atoms with Crippen molar-refractivity contribution in [3.63, 3.8) is 0 Å². The van der Waals surface area contributed by atoms with Gasteiger partial charge in [-0.1, -0.05) is 69.3 Å². The molecule has 2 heterocycles. The molecule has 1 fully saturated rings. The predicted octanol–water partition coefficient (Wildman–Crippen LogP) is 4.94. The number of carbonyl (C=O) groups excluding carboxylic acids is 1. The van der Waals surface area contributed by atoms with Crippen LogP contribution in [0.4, 0.5) is 5.82 Å². The van der Waals surface area contributed by atoms with Crippen LogP contribution in [0, 0.1) is 12.8 Å². The smallest absolute Gasteiger partial charge is 0.227 e. The van der Waals surface area contributed by atoms with Crippen LogP contribution in [0.2, 0.25) is 0 Å². The van der Waals surface area contributed by atoms with E-state index in [1.807, 2.05) is 36.4 Å². The molecule has 3 aromatic rings. The Morgan fingerprint density at radius 1 is 0.972 bits per heavy atom. The second-order valence-electron chi connectivity index (χ2n) is 10.2. The van der Waals surface area contributed by atoms with Crippen LogP contribution >= 0.6 is 0 Å². The van der Waals surface area contributed by atoms with E-state index in [0.29, 0.717) is 18.9 Å². The maximum atomic E-state index is 13.6. The van der Waals surface area contributed by atoms with E-state index in [4.69, 9.17) is 5.10 Å². The lowest BCUT2D eigenvalue weighted by molar-refractivity contribution is -0.131. The number of nitrogens with zero attached hydrogens (tertiary/aromatic N) is 5. The molecular formula is C30H41N5O. The number of aromatic nitrogens is 2. The van der Waals surface area contributed by atoms with Crippen LogP contribution in [0.3, 0.4) is 0 Å². The summed E-state index contributed by atoms with van der Waals surface area (Å²) in [7, 11) is 0. The van der Waals surface area contributed by atoms with Crippen molar-refractivity contribution in [3.8, 4) is 5.69 Å². The first kappa shape index (κ1) is 26.0. The summed E-state index contributed by atoms with van der Waals surface area (Å²) in [5, 5.41) is 5.01. The van der Waals surface area contributed by atoms with Crippen LogP contribution < -0.4 is 4.90 Å². The van der Waals surface area contributed by atoms with Crippen molar-refractivity contribution < 1.29 is 4.79 Å². The quantitative estimate of drug-likeness (QED) is 0.406. The number of anilines is 1. The van der Waals surface area contributed by atoms with E-state index in [0.717, 1.165) is 74.0 Å². The molecule has 36 heavy (non-hydrogen) atoms. The lowest BCUT2D eigenvalue weighted by atomic mass is 10.1. The van der Waals surface area contributed by atoms with Gasteiger partial charge in [0.25, 0.3) is 0 Å². The van der Waals surface area contributed by atoms with E-state index < -0.39 is 0 Å². The van der Waals surface area contributed by atoms with Crippen molar-refractivity contribution in [2.75, 3.05) is 44.2 Å². The average Bonchev–Trinajstić information content (AvgIpc) is 3.23. The Morgan fingerprint density at radius 3 is 2.22 bits per heavy atom. The van der Waals surface area contributed by atoms with Gasteiger partial charge in [-0.25, -0.2) is 4.68 Å². The van der Waals surface area contributed by atoms with Gasteiger partial charge in [0.2, 0.25) is 5.91 Å². The van der Waals surface area contributed by atoms with E-state index in [1.165, 1.54) is 0 Å². The monoisotopic (exact) mass is 487 g/mol. The number of likely N-dealkylation sites (N-methyl/N-ethyl adjacent to an activating group) is 1. The molecule has 0 spiro atoms. The Labute approximate surface area is 216 Å². The van der Waals surface area contributed by atoms with Crippen molar-refractivity contribution in [3.05, 3.63) is 77.5 Å². The predicted molar refractivity (Wildman–Crippen MR) is 148 cm³/mol. The number of carbonyl (C=O) groups is 1. The normalized spacial score (nSPS) is 14.4. The van der Waals surface area contributed by atoms with E-state index in [2.05, 4.69) is 71.3 Å². The number of amides is 1. The maximum absolute atomic E-state index is 13.6. The molecule has 6 heteroatoms. The summed E-state index contributed by atoms with van der Waals surface area (Å²) >= 11 is 0. The van der Waals surface area contributed by atoms with E-state index in [-0.39, 0.29) is 5.91 Å². The first-order valence-corrected chi connectivity index (χ1v) is 13.4. The summed E-state index contributed by atoms with van der Waals surface area (Å²) in [6.45, 7) is 15.2. The van der Waals surface area contributed by atoms with Crippen LogP contribution in [0.5, 0.6) is 0 Å². The molecule has 1 amide bonds. The van der Waals surface area contributed by atoms with Crippen LogP contribution in [0.15, 0.2) is 60.7 Å². The largest absolute Gasteiger partial charge is 0.354 e. The molecule has 0 aliphatic carbocycles. The summed E-state index contributed by atoms with van der Waals surface area (Å²) in [6.07, 6.45) is 1.41. The standard InChI is InChI=1S/C30H41N5O/c1-5-32-18-20-33(21-19-32)30-28(25(4)31-35(30)27-14-10-7-11-15-27)23-34(17-16-24(2)3)29(36)22-26-12-8-6-9-13-26/h6-15,24H,5,16-23H2,1-4H3. The Balaban J connectivity index is 1.67. The highest BCUT2D eigenvalue weighted by Crippen LogP contribution is 2.30. The van der Waals surface area contributed by atoms with Crippen LogP contribution in [-0.2, 0) is 17.8 Å². The lowest BCUT2D eigenvalue weighted by Gasteiger charge is -2.36. The Morgan fingerprint density at radius 2 is 1.61 bits per heavy atom. The van der Waals surface area contributed by atoms with Crippen molar-refractivity contribution in [2.24, 2.45) is 5.92 Å². The summed E-state index contributed by atoms with van der Waals surface area (Å²) in [5.74, 6) is 1.85. The molecular weight excluding hydrogens is 446 g/mol. The average molecular weight is 488 g/mol. The van der Waals surface area contributed by atoms with Crippen LogP contribution in [0.1, 0.15) is 44.0 Å². The van der Waals surface area contributed by atoms with E-state index in [9.17, 15) is 4.79 Å². The number of benzene rings is 2. The fraction of sp³-hybridized carbons (Fsp3) is 0.467. The molecule has 1 aliphatic heterocycles. The lowest BCUT2D eigenvalue weighted by Crippen LogP contribution is -2.47. The van der Waals surface area contributed by atoms with Gasteiger partial charge in [0, 0.05) is 38.3 Å². The molecule has 6 nitrogen and oxygen atoms in total. The molecule has 1 aromatic heterocycles. The number of hydrogen-bond donors (Lipinski definition) is 0. The first-order chi connectivity index (χ1) is 17.5. The fourth-order valence-electron chi connectivity index (χ4n) is 4.86. The second kappa shape index (κ2) is 12.2. The van der Waals surface area contributed by atoms with E-state index in [1.54, 1.807) is 0 Å². The Hall–Kier alpha value is -3.12. The van der Waals surface area contributed by atoms with Crippen molar-refractivity contribution in [1.82, 2.24) is 19.6 Å². The first-order valence-electron chi connectivity index (χ1n) is 13.4. The maximum Gasteiger partial charge on any atom is 0.227 e. The molecule has 1 aliphatic rings. The third-order valence-corrected chi connectivity index (χ3v) is 7.15.